The largest absolute Gasteiger partial charge is 0.334 e. The molecule has 27 heavy (non-hydrogen) atoms. The second-order valence-corrected chi connectivity index (χ2v) is 8.03. The normalized spacial score (nSPS) is 20.8. The van der Waals surface area contributed by atoms with Crippen LogP contribution in [-0.2, 0) is 13.1 Å². The first-order chi connectivity index (χ1) is 13.4. The highest BCUT2D eigenvalue weighted by Gasteiger charge is 2.28. The Hall–Kier alpha value is -2.40. The average molecular weight is 361 g/mol. The summed E-state index contributed by atoms with van der Waals surface area (Å²) in [7, 11) is 0. The van der Waals surface area contributed by atoms with Gasteiger partial charge in [0, 0.05) is 50.3 Å². The van der Waals surface area contributed by atoms with Crippen molar-refractivity contribution in [1.29, 1.82) is 0 Å². The molecule has 5 heteroatoms. The maximum Gasteiger partial charge on any atom is 0.113 e. The van der Waals surface area contributed by atoms with Crippen molar-refractivity contribution >= 4 is 0 Å². The number of piperidine rings is 1. The van der Waals surface area contributed by atoms with Crippen LogP contribution in [-0.4, -0.2) is 37.3 Å². The first-order valence-electron chi connectivity index (χ1n) is 10.2. The average Bonchev–Trinajstić information content (AvgIpc) is 3.16. The van der Waals surface area contributed by atoms with E-state index in [0.29, 0.717) is 5.92 Å². The van der Waals surface area contributed by atoms with Crippen molar-refractivity contribution in [2.45, 2.75) is 44.7 Å². The molecule has 5 rings (SSSR count). The number of likely N-dealkylation sites (tertiary alicyclic amines) is 1. The highest BCUT2D eigenvalue weighted by atomic mass is 15.3. The summed E-state index contributed by atoms with van der Waals surface area (Å²) >= 11 is 0. The lowest BCUT2D eigenvalue weighted by Gasteiger charge is -2.33. The third-order valence-corrected chi connectivity index (χ3v) is 5.91. The zero-order chi connectivity index (χ0) is 18.1. The van der Waals surface area contributed by atoms with Crippen LogP contribution >= 0.6 is 0 Å². The van der Waals surface area contributed by atoms with Crippen LogP contribution in [0.2, 0.25) is 0 Å². The van der Waals surface area contributed by atoms with Crippen LogP contribution in [0.5, 0.6) is 0 Å². The molecule has 0 unspecified atom stereocenters. The smallest absolute Gasteiger partial charge is 0.113 e. The van der Waals surface area contributed by atoms with Crippen LogP contribution in [0.1, 0.15) is 43.0 Å². The first-order valence-corrected chi connectivity index (χ1v) is 10.2. The zero-order valence-electron chi connectivity index (χ0n) is 15.7. The van der Waals surface area contributed by atoms with Gasteiger partial charge in [0.15, 0.2) is 0 Å². The molecular formula is C22H27N5. The van der Waals surface area contributed by atoms with Gasteiger partial charge in [-0.3, -0.25) is 4.90 Å². The van der Waals surface area contributed by atoms with Gasteiger partial charge in [-0.05, 0) is 55.8 Å². The molecule has 1 aromatic carbocycles. The Kier molecular flexibility index (Phi) is 4.54. The molecule has 2 aliphatic rings. The third kappa shape index (κ3) is 3.69. The van der Waals surface area contributed by atoms with Crippen molar-refractivity contribution in [3.63, 3.8) is 0 Å². The van der Waals surface area contributed by atoms with Crippen molar-refractivity contribution < 1.29 is 0 Å². The van der Waals surface area contributed by atoms with E-state index in [1.807, 2.05) is 29.3 Å². The molecule has 1 saturated heterocycles. The lowest BCUT2D eigenvalue weighted by molar-refractivity contribution is 0.194. The van der Waals surface area contributed by atoms with Gasteiger partial charge in [0.05, 0.1) is 5.69 Å². The van der Waals surface area contributed by atoms with Crippen molar-refractivity contribution in [3.05, 3.63) is 66.5 Å². The Morgan fingerprint density at radius 3 is 2.78 bits per heavy atom. The maximum absolute atomic E-state index is 4.74. The van der Waals surface area contributed by atoms with Crippen molar-refractivity contribution in [1.82, 2.24) is 24.2 Å². The molecule has 0 spiro atoms. The second kappa shape index (κ2) is 7.31. The van der Waals surface area contributed by atoms with Crippen LogP contribution in [0.15, 0.2) is 55.1 Å². The van der Waals surface area contributed by atoms with Gasteiger partial charge in [-0.2, -0.15) is 5.10 Å². The van der Waals surface area contributed by atoms with Crippen LogP contribution in [0.3, 0.4) is 0 Å². The first kappa shape index (κ1) is 16.8. The van der Waals surface area contributed by atoms with Crippen LogP contribution < -0.4 is 0 Å². The molecule has 1 atom stereocenters. The van der Waals surface area contributed by atoms with Crippen molar-refractivity contribution in [2.75, 3.05) is 13.1 Å². The molecule has 0 bridgehead atoms. The molecule has 0 N–H and O–H groups in total. The van der Waals surface area contributed by atoms with E-state index < -0.39 is 0 Å². The fraction of sp³-hybridized carbons (Fsp3) is 0.455. The Bertz CT molecular complexity index is 878. The number of para-hydroxylation sites is 1. The number of rotatable bonds is 6. The van der Waals surface area contributed by atoms with E-state index in [9.17, 15) is 0 Å². The van der Waals surface area contributed by atoms with Gasteiger partial charge in [-0.25, -0.2) is 9.67 Å². The minimum Gasteiger partial charge on any atom is -0.334 e. The molecule has 140 valence electrons. The lowest BCUT2D eigenvalue weighted by atomic mass is 9.96. The number of hydrogen-bond acceptors (Lipinski definition) is 3. The number of nitrogens with zero attached hydrogens (tertiary/aromatic N) is 5. The number of hydrogen-bond donors (Lipinski definition) is 0. The molecule has 0 amide bonds. The van der Waals surface area contributed by atoms with E-state index in [0.717, 1.165) is 32.1 Å². The van der Waals surface area contributed by atoms with E-state index in [1.165, 1.54) is 42.8 Å². The summed E-state index contributed by atoms with van der Waals surface area (Å²) in [6, 6.07) is 10.6. The van der Waals surface area contributed by atoms with Gasteiger partial charge in [0.2, 0.25) is 0 Å². The number of benzene rings is 1. The molecule has 1 saturated carbocycles. The molecule has 3 aromatic rings. The number of aromatic nitrogens is 4. The fourth-order valence-electron chi connectivity index (χ4n) is 4.34. The van der Waals surface area contributed by atoms with Crippen LogP contribution in [0.25, 0.3) is 5.69 Å². The summed E-state index contributed by atoms with van der Waals surface area (Å²) in [5, 5.41) is 4.43. The van der Waals surface area contributed by atoms with Gasteiger partial charge in [-0.15, -0.1) is 0 Å². The van der Waals surface area contributed by atoms with E-state index in [1.54, 1.807) is 0 Å². The minimum atomic E-state index is 0.546. The summed E-state index contributed by atoms with van der Waals surface area (Å²) in [5.74, 6) is 2.73. The molecule has 0 radical (unpaired) electrons. The Balaban J connectivity index is 1.32. The van der Waals surface area contributed by atoms with Gasteiger partial charge in [0.1, 0.15) is 5.82 Å². The highest BCUT2D eigenvalue weighted by molar-refractivity contribution is 5.40. The van der Waals surface area contributed by atoms with Gasteiger partial charge in [0.25, 0.3) is 0 Å². The summed E-state index contributed by atoms with van der Waals surface area (Å²) in [4.78, 5) is 7.33. The van der Waals surface area contributed by atoms with E-state index >= 15 is 0 Å². The molecule has 3 heterocycles. The maximum atomic E-state index is 4.74. The molecule has 2 fully saturated rings. The van der Waals surface area contributed by atoms with Crippen molar-refractivity contribution in [2.24, 2.45) is 5.92 Å². The predicted molar refractivity (Wildman–Crippen MR) is 106 cm³/mol. The van der Waals surface area contributed by atoms with Crippen LogP contribution in [0, 0.1) is 5.92 Å². The highest BCUT2D eigenvalue weighted by Crippen LogP contribution is 2.33. The van der Waals surface area contributed by atoms with E-state index in [4.69, 9.17) is 4.98 Å². The van der Waals surface area contributed by atoms with Gasteiger partial charge < -0.3 is 4.57 Å². The Morgan fingerprint density at radius 1 is 1.00 bits per heavy atom. The monoisotopic (exact) mass is 361 g/mol. The molecule has 5 nitrogen and oxygen atoms in total. The van der Waals surface area contributed by atoms with Crippen molar-refractivity contribution in [3.8, 4) is 5.69 Å². The topological polar surface area (TPSA) is 38.9 Å². The molecular weight excluding hydrogens is 334 g/mol. The van der Waals surface area contributed by atoms with E-state index in [2.05, 4.69) is 45.0 Å². The summed E-state index contributed by atoms with van der Waals surface area (Å²) < 4.78 is 4.39. The molecule has 1 aliphatic carbocycles. The van der Waals surface area contributed by atoms with Gasteiger partial charge >= 0.3 is 0 Å². The molecule has 2 aromatic heterocycles. The molecule has 1 aliphatic heterocycles. The predicted octanol–water partition coefficient (Wildman–Crippen LogP) is 3.86. The third-order valence-electron chi connectivity index (χ3n) is 5.91. The standard InChI is InChI=1S/C22H27N5/c1-2-7-21(27-13-4-10-24-27)19(5-1)16-25-12-3-6-20(17-25)22-23-11-14-26(22)15-18-8-9-18/h1-2,4-5,7,10-11,13-14,18,20H,3,6,8-9,12,15-17H2/t20-/m0/s1. The number of imidazole rings is 1. The Labute approximate surface area is 160 Å². The Morgan fingerprint density at radius 2 is 1.93 bits per heavy atom. The second-order valence-electron chi connectivity index (χ2n) is 8.03. The lowest BCUT2D eigenvalue weighted by Crippen LogP contribution is -2.35. The summed E-state index contributed by atoms with van der Waals surface area (Å²) in [5.41, 5.74) is 2.52. The quantitative estimate of drug-likeness (QED) is 0.669. The SMILES string of the molecule is c1ccc(-n2cccn2)c(CN2CCC[C@H](c3nccn3CC3CC3)C2)c1. The van der Waals surface area contributed by atoms with E-state index in [-0.39, 0.29) is 0 Å². The summed E-state index contributed by atoms with van der Waals surface area (Å²) in [6.07, 6.45) is 13.3. The van der Waals surface area contributed by atoms with Crippen LogP contribution in [0.4, 0.5) is 0 Å². The van der Waals surface area contributed by atoms with Gasteiger partial charge in [-0.1, -0.05) is 18.2 Å². The zero-order valence-corrected chi connectivity index (χ0v) is 15.7. The fourth-order valence-corrected chi connectivity index (χ4v) is 4.34. The summed E-state index contributed by atoms with van der Waals surface area (Å²) in [6.45, 7) is 4.38. The minimum absolute atomic E-state index is 0.546.